The standard InChI is InChI=1S/C20H17F2NO3/c1-26-20(25)19-15(12-5-3-2-4-6-12)10-14(11-18(19)24)23-17-8-7-13(21)9-16(17)22/h2-9,11,15,19,23H,10H2,1H3/t15-,19+/m1/s1. The molecule has 2 aromatic carbocycles. The number of hydrogen-bond acceptors (Lipinski definition) is 4. The molecule has 1 aliphatic rings. The van der Waals surface area contributed by atoms with Gasteiger partial charge >= 0.3 is 5.97 Å². The van der Waals surface area contributed by atoms with Crippen LogP contribution in [-0.4, -0.2) is 18.9 Å². The van der Waals surface area contributed by atoms with E-state index in [0.717, 1.165) is 17.7 Å². The number of allylic oxidation sites excluding steroid dienone is 2. The molecular formula is C20H17F2NO3. The number of esters is 1. The molecule has 0 radical (unpaired) electrons. The zero-order chi connectivity index (χ0) is 18.7. The van der Waals surface area contributed by atoms with E-state index in [1.165, 1.54) is 19.3 Å². The van der Waals surface area contributed by atoms with Crippen molar-refractivity contribution in [2.45, 2.75) is 12.3 Å². The molecule has 2 atom stereocenters. The molecule has 1 N–H and O–H groups in total. The van der Waals surface area contributed by atoms with Gasteiger partial charge in [-0.3, -0.25) is 9.59 Å². The van der Waals surface area contributed by atoms with Gasteiger partial charge in [-0.2, -0.15) is 0 Å². The molecule has 3 rings (SSSR count). The minimum atomic E-state index is -0.953. The summed E-state index contributed by atoms with van der Waals surface area (Å²) >= 11 is 0. The second-order valence-electron chi connectivity index (χ2n) is 6.04. The molecule has 0 unspecified atom stereocenters. The van der Waals surface area contributed by atoms with Crippen LogP contribution in [-0.2, 0) is 14.3 Å². The van der Waals surface area contributed by atoms with E-state index in [2.05, 4.69) is 5.32 Å². The lowest BCUT2D eigenvalue weighted by molar-refractivity contribution is -0.149. The summed E-state index contributed by atoms with van der Waals surface area (Å²) in [6.07, 6.45) is 1.59. The highest BCUT2D eigenvalue weighted by atomic mass is 19.1. The smallest absolute Gasteiger partial charge is 0.317 e. The normalized spacial score (nSPS) is 19.7. The fraction of sp³-hybridized carbons (Fsp3) is 0.200. The predicted octanol–water partition coefficient (Wildman–Crippen LogP) is 3.81. The molecule has 0 fully saturated rings. The molecule has 0 bridgehead atoms. The zero-order valence-corrected chi connectivity index (χ0v) is 14.0. The molecule has 0 saturated heterocycles. The maximum absolute atomic E-state index is 13.9. The molecule has 4 nitrogen and oxygen atoms in total. The van der Waals surface area contributed by atoms with Gasteiger partial charge in [-0.25, -0.2) is 8.78 Å². The lowest BCUT2D eigenvalue weighted by Crippen LogP contribution is -2.34. The Bertz CT molecular complexity index is 865. The molecule has 1 aliphatic carbocycles. The summed E-state index contributed by atoms with van der Waals surface area (Å²) in [6, 6.07) is 12.3. The summed E-state index contributed by atoms with van der Waals surface area (Å²) in [6.45, 7) is 0. The lowest BCUT2D eigenvalue weighted by atomic mass is 9.76. The van der Waals surface area contributed by atoms with Gasteiger partial charge in [0.25, 0.3) is 0 Å². The van der Waals surface area contributed by atoms with Crippen molar-refractivity contribution >= 4 is 17.4 Å². The highest BCUT2D eigenvalue weighted by Gasteiger charge is 2.39. The molecule has 0 aliphatic heterocycles. The molecule has 0 saturated carbocycles. The Labute approximate surface area is 149 Å². The van der Waals surface area contributed by atoms with Gasteiger partial charge in [-0.1, -0.05) is 30.3 Å². The monoisotopic (exact) mass is 357 g/mol. The van der Waals surface area contributed by atoms with Gasteiger partial charge in [0.05, 0.1) is 12.8 Å². The summed E-state index contributed by atoms with van der Waals surface area (Å²) < 4.78 is 31.7. The average molecular weight is 357 g/mol. The third-order valence-corrected chi connectivity index (χ3v) is 4.37. The second-order valence-corrected chi connectivity index (χ2v) is 6.04. The number of hydrogen-bond donors (Lipinski definition) is 1. The van der Waals surface area contributed by atoms with Crippen molar-refractivity contribution in [3.8, 4) is 0 Å². The summed E-state index contributed by atoms with van der Waals surface area (Å²) in [5, 5.41) is 2.83. The number of carbonyl (C=O) groups is 2. The number of halogens is 2. The number of anilines is 1. The molecule has 134 valence electrons. The Kier molecular flexibility index (Phi) is 5.11. The fourth-order valence-electron chi connectivity index (χ4n) is 3.14. The van der Waals surface area contributed by atoms with E-state index in [1.54, 1.807) is 0 Å². The third kappa shape index (κ3) is 3.64. The Morgan fingerprint density at radius 1 is 1.15 bits per heavy atom. The van der Waals surface area contributed by atoms with Gasteiger partial charge in [0.2, 0.25) is 0 Å². The van der Waals surface area contributed by atoms with Crippen molar-refractivity contribution in [1.29, 1.82) is 0 Å². The van der Waals surface area contributed by atoms with Crippen LogP contribution in [0.1, 0.15) is 17.9 Å². The maximum Gasteiger partial charge on any atom is 0.317 e. The largest absolute Gasteiger partial charge is 0.468 e. The highest BCUT2D eigenvalue weighted by molar-refractivity contribution is 6.07. The number of carbonyl (C=O) groups excluding carboxylic acids is 2. The Morgan fingerprint density at radius 3 is 2.54 bits per heavy atom. The van der Waals surface area contributed by atoms with Gasteiger partial charge in [0, 0.05) is 23.8 Å². The Hall–Kier alpha value is -3.02. The van der Waals surface area contributed by atoms with Crippen molar-refractivity contribution in [3.05, 3.63) is 77.5 Å². The summed E-state index contributed by atoms with van der Waals surface area (Å²) in [5.41, 5.74) is 1.33. The summed E-state index contributed by atoms with van der Waals surface area (Å²) in [7, 11) is 1.24. The number of rotatable bonds is 4. The number of nitrogens with one attached hydrogen (secondary N) is 1. The van der Waals surface area contributed by atoms with Crippen LogP contribution < -0.4 is 5.32 Å². The molecule has 0 heterocycles. The third-order valence-electron chi connectivity index (χ3n) is 4.37. The van der Waals surface area contributed by atoms with Crippen molar-refractivity contribution in [2.75, 3.05) is 12.4 Å². The predicted molar refractivity (Wildman–Crippen MR) is 92.4 cm³/mol. The first kappa shape index (κ1) is 17.8. The number of ether oxygens (including phenoxy) is 1. The average Bonchev–Trinajstić information content (AvgIpc) is 2.64. The van der Waals surface area contributed by atoms with Crippen LogP contribution in [0.15, 0.2) is 60.3 Å². The van der Waals surface area contributed by atoms with Crippen LogP contribution in [0.4, 0.5) is 14.5 Å². The Morgan fingerprint density at radius 2 is 1.88 bits per heavy atom. The van der Waals surface area contributed by atoms with Crippen LogP contribution in [0.3, 0.4) is 0 Å². The van der Waals surface area contributed by atoms with Crippen molar-refractivity contribution in [2.24, 2.45) is 5.92 Å². The molecule has 0 spiro atoms. The molecule has 2 aromatic rings. The van der Waals surface area contributed by atoms with E-state index < -0.39 is 35.2 Å². The first-order valence-electron chi connectivity index (χ1n) is 8.09. The minimum absolute atomic E-state index is 0.0637. The highest BCUT2D eigenvalue weighted by Crippen LogP contribution is 2.37. The second kappa shape index (κ2) is 7.47. The molecule has 6 heteroatoms. The van der Waals surface area contributed by atoms with Gasteiger partial charge in [-0.15, -0.1) is 0 Å². The molecule has 0 aromatic heterocycles. The number of methoxy groups -OCH3 is 1. The first-order valence-corrected chi connectivity index (χ1v) is 8.09. The summed E-state index contributed by atoms with van der Waals surface area (Å²) in [4.78, 5) is 24.7. The SMILES string of the molecule is COC(=O)[C@@H]1C(=O)C=C(Nc2ccc(F)cc2F)C[C@@H]1c1ccccc1. The Balaban J connectivity index is 1.93. The lowest BCUT2D eigenvalue weighted by Gasteiger charge is -2.29. The van der Waals surface area contributed by atoms with E-state index in [9.17, 15) is 18.4 Å². The van der Waals surface area contributed by atoms with E-state index >= 15 is 0 Å². The zero-order valence-electron chi connectivity index (χ0n) is 14.0. The fourth-order valence-corrected chi connectivity index (χ4v) is 3.14. The van der Waals surface area contributed by atoms with Crippen LogP contribution in [0.25, 0.3) is 0 Å². The van der Waals surface area contributed by atoms with E-state index in [0.29, 0.717) is 12.1 Å². The van der Waals surface area contributed by atoms with Crippen molar-refractivity contribution in [1.82, 2.24) is 0 Å². The molecule has 0 amide bonds. The molecule has 26 heavy (non-hydrogen) atoms. The van der Waals surface area contributed by atoms with E-state index in [4.69, 9.17) is 4.74 Å². The minimum Gasteiger partial charge on any atom is -0.468 e. The number of ketones is 1. The van der Waals surface area contributed by atoms with Crippen LogP contribution in [0.2, 0.25) is 0 Å². The summed E-state index contributed by atoms with van der Waals surface area (Å²) in [5.74, 6) is -3.85. The number of benzene rings is 2. The van der Waals surface area contributed by atoms with Crippen LogP contribution in [0.5, 0.6) is 0 Å². The van der Waals surface area contributed by atoms with Crippen molar-refractivity contribution < 1.29 is 23.1 Å². The van der Waals surface area contributed by atoms with Gasteiger partial charge in [0.1, 0.15) is 17.6 Å². The van der Waals surface area contributed by atoms with Gasteiger partial charge in [0.15, 0.2) is 5.78 Å². The first-order chi connectivity index (χ1) is 12.5. The maximum atomic E-state index is 13.9. The quantitative estimate of drug-likeness (QED) is 0.668. The van der Waals surface area contributed by atoms with E-state index in [-0.39, 0.29) is 5.69 Å². The molecular weight excluding hydrogens is 340 g/mol. The topological polar surface area (TPSA) is 55.4 Å². The van der Waals surface area contributed by atoms with Crippen LogP contribution >= 0.6 is 0 Å². The van der Waals surface area contributed by atoms with Crippen molar-refractivity contribution in [3.63, 3.8) is 0 Å². The van der Waals surface area contributed by atoms with Gasteiger partial charge < -0.3 is 10.1 Å². The van der Waals surface area contributed by atoms with E-state index in [1.807, 2.05) is 30.3 Å². The van der Waals surface area contributed by atoms with Gasteiger partial charge in [-0.05, 0) is 24.1 Å². The van der Waals surface area contributed by atoms with Crippen LogP contribution in [0, 0.1) is 17.6 Å².